The average molecular weight is 491 g/mol. The fourth-order valence-electron chi connectivity index (χ4n) is 3.80. The number of nitrogens with zero attached hydrogens (tertiary/aromatic N) is 1. The smallest absolute Gasteiger partial charge is 0.328 e. The summed E-state index contributed by atoms with van der Waals surface area (Å²) in [7, 11) is 1.35. The van der Waals surface area contributed by atoms with Gasteiger partial charge in [-0.1, -0.05) is 48.6 Å². The topological polar surface area (TPSA) is 106 Å². The van der Waals surface area contributed by atoms with Crippen LogP contribution in [0, 0.1) is 13.8 Å². The number of ether oxygens (including phenoxy) is 1. The molecular weight excluding hydrogens is 460 g/mol. The highest BCUT2D eigenvalue weighted by Gasteiger charge is 2.22. The molecule has 0 aliphatic rings. The second-order valence-electron chi connectivity index (χ2n) is 8.38. The van der Waals surface area contributed by atoms with Crippen molar-refractivity contribution in [2.45, 2.75) is 38.8 Å². The maximum Gasteiger partial charge on any atom is 0.328 e. The number of aryl methyl sites for hydroxylation is 2. The fraction of sp³-hybridized carbons (Fsp3) is 0.259. The van der Waals surface area contributed by atoms with E-state index < -0.39 is 18.1 Å². The van der Waals surface area contributed by atoms with E-state index in [0.29, 0.717) is 23.5 Å². The number of carbonyl (C=O) groups is 2. The summed E-state index contributed by atoms with van der Waals surface area (Å²) in [4.78, 5) is 29.5. The third-order valence-corrected chi connectivity index (χ3v) is 6.00. The number of nitrogens with two attached hydrogens (primary N) is 1. The number of thiocarbonyl (C=S) groups is 1. The molecule has 0 saturated carbocycles. The van der Waals surface area contributed by atoms with Crippen LogP contribution in [0.25, 0.3) is 0 Å². The molecule has 0 aliphatic heterocycles. The lowest BCUT2D eigenvalue weighted by Crippen LogP contribution is -2.43. The van der Waals surface area contributed by atoms with Crippen molar-refractivity contribution in [1.29, 1.82) is 0 Å². The van der Waals surface area contributed by atoms with Gasteiger partial charge in [-0.2, -0.15) is 0 Å². The molecule has 0 aliphatic carbocycles. The quantitative estimate of drug-likeness (QED) is 0.312. The van der Waals surface area contributed by atoms with E-state index in [2.05, 4.69) is 15.6 Å². The van der Waals surface area contributed by atoms with Gasteiger partial charge in [0.15, 0.2) is 0 Å². The molecule has 0 bridgehead atoms. The van der Waals surface area contributed by atoms with Crippen molar-refractivity contribution in [2.75, 3.05) is 12.4 Å². The molecule has 0 radical (unpaired) electrons. The molecule has 2 unspecified atom stereocenters. The molecule has 3 aromatic rings. The normalized spacial score (nSPS) is 12.3. The Kier molecular flexibility index (Phi) is 9.05. The molecule has 1 amide bonds. The van der Waals surface area contributed by atoms with E-state index in [-0.39, 0.29) is 5.91 Å². The zero-order valence-corrected chi connectivity index (χ0v) is 20.9. The Labute approximate surface area is 211 Å². The molecule has 2 aromatic carbocycles. The van der Waals surface area contributed by atoms with Crippen molar-refractivity contribution >= 4 is 34.8 Å². The van der Waals surface area contributed by atoms with E-state index >= 15 is 0 Å². The van der Waals surface area contributed by atoms with Crippen LogP contribution < -0.4 is 16.4 Å². The SMILES string of the molecule is COC(=O)C(Cc1ccc(NC(=O)C(N)Cc2cccnc2)cc1)NC(=S)c1c(C)cccc1C. The first kappa shape index (κ1) is 26.0. The number of anilines is 1. The van der Waals surface area contributed by atoms with Gasteiger partial charge >= 0.3 is 5.97 Å². The largest absolute Gasteiger partial charge is 0.467 e. The molecule has 1 heterocycles. The van der Waals surface area contributed by atoms with Crippen molar-refractivity contribution in [3.8, 4) is 0 Å². The second kappa shape index (κ2) is 12.2. The molecule has 182 valence electrons. The predicted molar refractivity (Wildman–Crippen MR) is 141 cm³/mol. The molecule has 0 fully saturated rings. The average Bonchev–Trinajstić information content (AvgIpc) is 2.84. The highest BCUT2D eigenvalue weighted by atomic mass is 32.1. The third-order valence-electron chi connectivity index (χ3n) is 5.68. The van der Waals surface area contributed by atoms with Crippen LogP contribution in [0.15, 0.2) is 67.0 Å². The van der Waals surface area contributed by atoms with Gasteiger partial charge in [0, 0.05) is 30.1 Å². The Balaban J connectivity index is 1.63. The maximum absolute atomic E-state index is 12.5. The molecule has 7 nitrogen and oxygen atoms in total. The summed E-state index contributed by atoms with van der Waals surface area (Å²) in [5.41, 5.74) is 11.4. The van der Waals surface area contributed by atoms with Gasteiger partial charge in [0.25, 0.3) is 0 Å². The van der Waals surface area contributed by atoms with Crippen molar-refractivity contribution in [1.82, 2.24) is 10.3 Å². The molecule has 35 heavy (non-hydrogen) atoms. The maximum atomic E-state index is 12.5. The van der Waals surface area contributed by atoms with Crippen LogP contribution in [0.3, 0.4) is 0 Å². The van der Waals surface area contributed by atoms with Gasteiger partial charge in [0.05, 0.1) is 13.2 Å². The van der Waals surface area contributed by atoms with Gasteiger partial charge in [-0.05, 0) is 60.7 Å². The van der Waals surface area contributed by atoms with Crippen LogP contribution in [0.4, 0.5) is 5.69 Å². The summed E-state index contributed by atoms with van der Waals surface area (Å²) in [6.45, 7) is 3.97. The molecule has 4 N–H and O–H groups in total. The number of carbonyl (C=O) groups excluding carboxylic acids is 2. The lowest BCUT2D eigenvalue weighted by Gasteiger charge is -2.20. The van der Waals surface area contributed by atoms with E-state index in [9.17, 15) is 9.59 Å². The van der Waals surface area contributed by atoms with Gasteiger partial charge < -0.3 is 21.1 Å². The van der Waals surface area contributed by atoms with Crippen molar-refractivity contribution in [3.05, 3.63) is 94.8 Å². The van der Waals surface area contributed by atoms with Crippen LogP contribution in [-0.2, 0) is 27.2 Å². The number of hydrogen-bond acceptors (Lipinski definition) is 6. The third kappa shape index (κ3) is 7.18. The van der Waals surface area contributed by atoms with Crippen LogP contribution in [-0.4, -0.2) is 41.0 Å². The minimum atomic E-state index is -0.697. The molecule has 0 saturated heterocycles. The monoisotopic (exact) mass is 490 g/mol. The van der Waals surface area contributed by atoms with Crippen molar-refractivity contribution in [3.63, 3.8) is 0 Å². The summed E-state index contributed by atoms with van der Waals surface area (Å²) in [6.07, 6.45) is 4.13. The summed E-state index contributed by atoms with van der Waals surface area (Å²) in [5.74, 6) is -0.688. The number of benzene rings is 2. The Morgan fingerprint density at radius 1 is 1.00 bits per heavy atom. The molecule has 8 heteroatoms. The lowest BCUT2D eigenvalue weighted by atomic mass is 10.0. The van der Waals surface area contributed by atoms with Gasteiger partial charge in [-0.25, -0.2) is 4.79 Å². The number of nitrogens with one attached hydrogen (secondary N) is 2. The molecule has 2 atom stereocenters. The summed E-state index contributed by atoms with van der Waals surface area (Å²) in [6, 6.07) is 15.5. The van der Waals surface area contributed by atoms with Gasteiger partial charge in [-0.3, -0.25) is 9.78 Å². The van der Waals surface area contributed by atoms with Crippen molar-refractivity contribution in [2.24, 2.45) is 5.73 Å². The number of methoxy groups -OCH3 is 1. The van der Waals surface area contributed by atoms with E-state index in [4.69, 9.17) is 22.7 Å². The van der Waals surface area contributed by atoms with E-state index in [1.807, 2.05) is 56.3 Å². The first-order chi connectivity index (χ1) is 16.8. The molecule has 1 aromatic heterocycles. The summed E-state index contributed by atoms with van der Waals surface area (Å²) in [5, 5.41) is 5.99. The van der Waals surface area contributed by atoms with Crippen molar-refractivity contribution < 1.29 is 14.3 Å². The zero-order chi connectivity index (χ0) is 25.4. The number of aromatic nitrogens is 1. The van der Waals surface area contributed by atoms with Crippen LogP contribution in [0.5, 0.6) is 0 Å². The van der Waals surface area contributed by atoms with Gasteiger partial charge in [0.2, 0.25) is 5.91 Å². The Morgan fingerprint density at radius 3 is 2.29 bits per heavy atom. The molecule has 3 rings (SSSR count). The Hall–Kier alpha value is -3.62. The second-order valence-corrected chi connectivity index (χ2v) is 8.79. The van der Waals surface area contributed by atoms with Gasteiger partial charge in [-0.15, -0.1) is 0 Å². The van der Waals surface area contributed by atoms with E-state index in [1.165, 1.54) is 7.11 Å². The van der Waals surface area contributed by atoms with E-state index in [1.54, 1.807) is 24.5 Å². The standard InChI is InChI=1S/C27H30N4O3S/c1-17-6-4-7-18(2)24(17)26(35)31-23(27(33)34-3)15-19-9-11-21(12-10-19)30-25(32)22(28)14-20-8-5-13-29-16-20/h4-13,16,22-23H,14-15,28H2,1-3H3,(H,30,32)(H,31,35). The number of esters is 1. The van der Waals surface area contributed by atoms with Crippen LogP contribution in [0.1, 0.15) is 27.8 Å². The Morgan fingerprint density at radius 2 is 1.69 bits per heavy atom. The van der Waals surface area contributed by atoms with Crippen LogP contribution >= 0.6 is 12.2 Å². The molecular formula is C27H30N4O3S. The first-order valence-electron chi connectivity index (χ1n) is 11.3. The highest BCUT2D eigenvalue weighted by molar-refractivity contribution is 7.80. The lowest BCUT2D eigenvalue weighted by molar-refractivity contribution is -0.142. The van der Waals surface area contributed by atoms with Gasteiger partial charge in [0.1, 0.15) is 11.0 Å². The summed E-state index contributed by atoms with van der Waals surface area (Å²) < 4.78 is 5.00. The minimum Gasteiger partial charge on any atom is -0.467 e. The Bertz CT molecular complexity index is 1160. The first-order valence-corrected chi connectivity index (χ1v) is 11.7. The van der Waals surface area contributed by atoms with E-state index in [0.717, 1.165) is 27.8 Å². The fourth-order valence-corrected chi connectivity index (χ4v) is 4.26. The number of hydrogen-bond donors (Lipinski definition) is 3. The number of pyridine rings is 1. The number of amides is 1. The zero-order valence-electron chi connectivity index (χ0n) is 20.1. The molecule has 0 spiro atoms. The van der Waals surface area contributed by atoms with Crippen LogP contribution in [0.2, 0.25) is 0 Å². The number of rotatable bonds is 9. The summed E-state index contributed by atoms with van der Waals surface area (Å²) >= 11 is 5.61. The highest BCUT2D eigenvalue weighted by Crippen LogP contribution is 2.16. The minimum absolute atomic E-state index is 0.283. The predicted octanol–water partition coefficient (Wildman–Crippen LogP) is 3.26.